The molecule has 0 saturated heterocycles. The molecule has 7 nitrogen and oxygen atoms in total. The number of benzene rings is 1. The number of rotatable bonds is 7. The smallest absolute Gasteiger partial charge is 0.281 e. The Morgan fingerprint density at radius 2 is 1.89 bits per heavy atom. The summed E-state index contributed by atoms with van der Waals surface area (Å²) in [6, 6.07) is 11.2. The number of hydrogen-bond donors (Lipinski definition) is 3. The van der Waals surface area contributed by atoms with Crippen molar-refractivity contribution in [1.82, 2.24) is 19.3 Å². The molecule has 5 rings (SSSR count). The summed E-state index contributed by atoms with van der Waals surface area (Å²) in [6.45, 7) is 0.629. The largest absolute Gasteiger partial charge is 0.459 e. The van der Waals surface area contributed by atoms with E-state index in [0.717, 1.165) is 12.8 Å². The van der Waals surface area contributed by atoms with E-state index in [0.29, 0.717) is 46.1 Å². The molecule has 0 aliphatic heterocycles. The third-order valence-corrected chi connectivity index (χ3v) is 6.08. The van der Waals surface area contributed by atoms with Crippen LogP contribution >= 0.6 is 37.9 Å². The van der Waals surface area contributed by atoms with Crippen LogP contribution < -0.4 is 10.3 Å². The van der Waals surface area contributed by atoms with Gasteiger partial charge in [-0.15, -0.1) is 37.9 Å². The fourth-order valence-corrected chi connectivity index (χ4v) is 4.31. The highest BCUT2D eigenvalue weighted by Gasteiger charge is 2.27. The molecule has 0 atom stereocenters. The van der Waals surface area contributed by atoms with E-state index in [-0.39, 0.29) is 11.3 Å². The molecule has 0 bridgehead atoms. The van der Waals surface area contributed by atoms with Crippen LogP contribution in [0.15, 0.2) is 53.6 Å². The molecule has 1 aliphatic carbocycles. The second kappa shape index (κ2) is 9.46. The molecule has 0 spiro atoms. The Kier molecular flexibility index (Phi) is 6.48. The van der Waals surface area contributed by atoms with Crippen LogP contribution in [0.4, 0.5) is 8.78 Å². The molecule has 3 aromatic heterocycles. The monoisotopic (exact) mass is 543 g/mol. The molecule has 1 aliphatic rings. The maximum atomic E-state index is 13.8. The quantitative estimate of drug-likeness (QED) is 0.219. The molecular weight excluding hydrogens is 524 g/mol. The van der Waals surface area contributed by atoms with E-state index in [2.05, 4.69) is 54.0 Å². The summed E-state index contributed by atoms with van der Waals surface area (Å²) in [6.07, 6.45) is 2.33. The lowest BCUT2D eigenvalue weighted by Gasteiger charge is -2.18. The van der Waals surface area contributed by atoms with Crippen molar-refractivity contribution in [3.05, 3.63) is 70.4 Å². The molecule has 0 N–H and O–H groups in total. The second-order valence-corrected chi connectivity index (χ2v) is 11.4. The number of alkyl halides is 2. The fourth-order valence-electron chi connectivity index (χ4n) is 4.00. The molecule has 1 aromatic carbocycles. The van der Waals surface area contributed by atoms with Crippen LogP contribution in [0.3, 0.4) is 0 Å². The van der Waals surface area contributed by atoms with Gasteiger partial charge in [0.05, 0.1) is 22.3 Å². The highest BCUT2D eigenvalue weighted by Crippen LogP contribution is 2.35. The van der Waals surface area contributed by atoms with Gasteiger partial charge in [0.25, 0.3) is 12.0 Å². The number of nitrogens with zero attached hydrogens (tertiary/aromatic N) is 5. The fraction of sp³-hybridized carbons (Fsp3) is 0.250. The SMILES string of the molecule is N#Cc1cn(CC2CC2)c2c(-c3ccc(C(F)F)nc3)c(=O)n(-c3ccc(OC(S)(S)S)cc3)nc12. The average Bonchev–Trinajstić information content (AvgIpc) is 3.59. The van der Waals surface area contributed by atoms with Gasteiger partial charge in [-0.3, -0.25) is 9.78 Å². The molecule has 3 heterocycles. The predicted molar refractivity (Wildman–Crippen MR) is 141 cm³/mol. The maximum absolute atomic E-state index is 13.8. The van der Waals surface area contributed by atoms with Crippen molar-refractivity contribution in [3.8, 4) is 28.6 Å². The molecule has 12 heteroatoms. The number of fused-ring (bicyclic) bond motifs is 1. The summed E-state index contributed by atoms with van der Waals surface area (Å²) >= 11 is 12.3. The first-order valence-electron chi connectivity index (χ1n) is 10.9. The summed E-state index contributed by atoms with van der Waals surface area (Å²) in [5, 5.41) is 14.3. The van der Waals surface area contributed by atoms with Gasteiger partial charge in [0, 0.05) is 24.5 Å². The van der Waals surface area contributed by atoms with E-state index < -0.39 is 15.6 Å². The topological polar surface area (TPSA) is 85.7 Å². The summed E-state index contributed by atoms with van der Waals surface area (Å²) < 4.78 is 33.4. The molecule has 184 valence electrons. The van der Waals surface area contributed by atoms with Gasteiger partial charge >= 0.3 is 0 Å². The van der Waals surface area contributed by atoms with Gasteiger partial charge < -0.3 is 9.30 Å². The van der Waals surface area contributed by atoms with Crippen molar-refractivity contribution >= 4 is 48.9 Å². The van der Waals surface area contributed by atoms with Crippen LogP contribution in [-0.2, 0) is 6.54 Å². The third-order valence-electron chi connectivity index (χ3n) is 5.80. The second-order valence-electron chi connectivity index (χ2n) is 8.48. The Morgan fingerprint density at radius 1 is 1.17 bits per heavy atom. The van der Waals surface area contributed by atoms with E-state index >= 15 is 0 Å². The zero-order valence-electron chi connectivity index (χ0n) is 18.5. The molecule has 0 unspecified atom stereocenters. The summed E-state index contributed by atoms with van der Waals surface area (Å²) in [7, 11) is 0. The van der Waals surface area contributed by atoms with Gasteiger partial charge in [-0.1, -0.05) is 6.07 Å². The minimum Gasteiger partial charge on any atom is -0.459 e. The Hall–Kier alpha value is -3.01. The number of thiol groups is 3. The van der Waals surface area contributed by atoms with Crippen molar-refractivity contribution in [2.24, 2.45) is 5.92 Å². The molecule has 0 amide bonds. The average molecular weight is 544 g/mol. The van der Waals surface area contributed by atoms with Gasteiger partial charge in [0.1, 0.15) is 23.0 Å². The van der Waals surface area contributed by atoms with Gasteiger partial charge in [-0.2, -0.15) is 15.0 Å². The molecular formula is C24H19F2N5O2S3. The Bertz CT molecular complexity index is 1530. The zero-order chi connectivity index (χ0) is 25.6. The Labute approximate surface area is 220 Å². The normalized spacial score (nSPS) is 13.8. The number of halogens is 2. The highest BCUT2D eigenvalue weighted by atomic mass is 32.2. The van der Waals surface area contributed by atoms with E-state index in [4.69, 9.17) is 4.74 Å². The standard InChI is InChI=1S/C24H19F2N5O2S3/c25-22(26)18-8-3-14(10-28-18)19-21-20(15(9-27)12-30(21)11-13-1-2-13)29-31(23(19)32)16-4-6-17(7-5-16)33-24(34,35)36/h3-8,10,12-13,22,34-36H,1-2,11H2. The van der Waals surface area contributed by atoms with Crippen LogP contribution in [0, 0.1) is 17.2 Å². The summed E-state index contributed by atoms with van der Waals surface area (Å²) in [5.41, 5.74) is 1.26. The van der Waals surface area contributed by atoms with Crippen molar-refractivity contribution < 1.29 is 13.5 Å². The lowest BCUT2D eigenvalue weighted by atomic mass is 10.1. The van der Waals surface area contributed by atoms with E-state index in [1.165, 1.54) is 23.0 Å². The minimum absolute atomic E-state index is 0.232. The number of aromatic nitrogens is 4. The predicted octanol–water partition coefficient (Wildman–Crippen LogP) is 5.25. The molecule has 4 aromatic rings. The molecule has 1 fully saturated rings. The third kappa shape index (κ3) is 4.96. The minimum atomic E-state index is -2.73. The first-order chi connectivity index (χ1) is 17.1. The van der Waals surface area contributed by atoms with Crippen molar-refractivity contribution in [2.75, 3.05) is 0 Å². The van der Waals surface area contributed by atoms with Crippen LogP contribution in [0.25, 0.3) is 27.8 Å². The van der Waals surface area contributed by atoms with Crippen molar-refractivity contribution in [2.45, 2.75) is 29.4 Å². The van der Waals surface area contributed by atoms with Crippen LogP contribution in [0.2, 0.25) is 0 Å². The summed E-state index contributed by atoms with van der Waals surface area (Å²) in [4.78, 5) is 17.7. The number of pyridine rings is 1. The van der Waals surface area contributed by atoms with Gasteiger partial charge in [0.2, 0.25) is 3.60 Å². The van der Waals surface area contributed by atoms with Crippen LogP contribution in [-0.4, -0.2) is 22.9 Å². The molecule has 1 saturated carbocycles. The van der Waals surface area contributed by atoms with Gasteiger partial charge in [-0.25, -0.2) is 8.78 Å². The maximum Gasteiger partial charge on any atom is 0.281 e. The lowest BCUT2D eigenvalue weighted by molar-refractivity contribution is 0.146. The zero-order valence-corrected chi connectivity index (χ0v) is 21.2. The lowest BCUT2D eigenvalue weighted by Crippen LogP contribution is -2.24. The number of hydrogen-bond acceptors (Lipinski definition) is 8. The first kappa shape index (κ1) is 24.7. The van der Waals surface area contributed by atoms with E-state index in [1.54, 1.807) is 30.5 Å². The van der Waals surface area contributed by atoms with Gasteiger partial charge in [-0.05, 0) is 49.1 Å². The van der Waals surface area contributed by atoms with Crippen molar-refractivity contribution in [1.29, 1.82) is 5.26 Å². The summed E-state index contributed by atoms with van der Waals surface area (Å²) in [5.74, 6) is 0.861. The van der Waals surface area contributed by atoms with Gasteiger partial charge in [0.15, 0.2) is 0 Å². The van der Waals surface area contributed by atoms with E-state index in [1.807, 2.05) is 4.57 Å². The molecule has 36 heavy (non-hydrogen) atoms. The van der Waals surface area contributed by atoms with Crippen molar-refractivity contribution in [3.63, 3.8) is 0 Å². The number of ether oxygens (including phenoxy) is 1. The van der Waals surface area contributed by atoms with E-state index in [9.17, 15) is 18.8 Å². The van der Waals surface area contributed by atoms with Crippen LogP contribution in [0.1, 0.15) is 30.5 Å². The Balaban J connectivity index is 1.73. The van der Waals surface area contributed by atoms with Crippen LogP contribution in [0.5, 0.6) is 5.75 Å². The molecule has 0 radical (unpaired) electrons. The first-order valence-corrected chi connectivity index (χ1v) is 12.3. The highest BCUT2D eigenvalue weighted by molar-refractivity contribution is 8.16. The Morgan fingerprint density at radius 3 is 2.44 bits per heavy atom. The number of nitriles is 1.